The van der Waals surface area contributed by atoms with Gasteiger partial charge in [-0.2, -0.15) is 0 Å². The number of hydrogen-bond acceptors (Lipinski definition) is 8. The number of ketones is 1. The third-order valence-electron chi connectivity index (χ3n) is 7.44. The molecule has 0 aliphatic carbocycles. The molecule has 2 aliphatic heterocycles. The molecule has 2 heterocycles. The summed E-state index contributed by atoms with van der Waals surface area (Å²) < 4.78 is 16.6. The summed E-state index contributed by atoms with van der Waals surface area (Å²) in [5.41, 5.74) is 3.10. The van der Waals surface area contributed by atoms with E-state index in [2.05, 4.69) is 11.0 Å². The van der Waals surface area contributed by atoms with Crippen LogP contribution in [0.25, 0.3) is 5.76 Å². The van der Waals surface area contributed by atoms with Crippen LogP contribution in [0.2, 0.25) is 0 Å². The van der Waals surface area contributed by atoms with Gasteiger partial charge in [0.1, 0.15) is 18.1 Å². The summed E-state index contributed by atoms with van der Waals surface area (Å²) in [5, 5.41) is 21.6. The van der Waals surface area contributed by atoms with Crippen molar-refractivity contribution in [2.45, 2.75) is 19.6 Å². The Bertz CT molecular complexity index is 1440. The van der Waals surface area contributed by atoms with Crippen LogP contribution in [0.4, 0.5) is 0 Å². The maximum Gasteiger partial charge on any atom is 0.295 e. The number of aliphatic hydroxyl groups is 1. The second-order valence-electron chi connectivity index (χ2n) is 10.2. The van der Waals surface area contributed by atoms with Crippen molar-refractivity contribution in [3.8, 4) is 17.2 Å². The third-order valence-corrected chi connectivity index (χ3v) is 7.44. The van der Waals surface area contributed by atoms with E-state index >= 15 is 0 Å². The number of ether oxygens (including phenoxy) is 3. The van der Waals surface area contributed by atoms with Crippen molar-refractivity contribution in [2.75, 3.05) is 46.5 Å². The molecule has 0 radical (unpaired) electrons. The lowest BCUT2D eigenvalue weighted by Crippen LogP contribution is -2.42. The molecule has 9 heteroatoms. The van der Waals surface area contributed by atoms with Crippen LogP contribution >= 0.6 is 0 Å². The first-order valence-corrected chi connectivity index (χ1v) is 13.6. The van der Waals surface area contributed by atoms with Gasteiger partial charge in [-0.3, -0.25) is 14.5 Å². The summed E-state index contributed by atoms with van der Waals surface area (Å²) in [6, 6.07) is 18.6. The quantitative estimate of drug-likeness (QED) is 0.230. The molecule has 0 saturated carbocycles. The first-order chi connectivity index (χ1) is 19.9. The lowest BCUT2D eigenvalue weighted by Gasteiger charge is -2.31. The Balaban J connectivity index is 1.44. The van der Waals surface area contributed by atoms with Crippen LogP contribution in [0.5, 0.6) is 17.2 Å². The largest absolute Gasteiger partial charge is 0.507 e. The lowest BCUT2D eigenvalue weighted by atomic mass is 9.95. The fraction of sp³-hybridized carbons (Fsp3) is 0.312. The Labute approximate surface area is 239 Å². The third kappa shape index (κ3) is 6.21. The number of methoxy groups -OCH3 is 1. The Kier molecular flexibility index (Phi) is 8.56. The van der Waals surface area contributed by atoms with Gasteiger partial charge in [0.05, 0.1) is 31.9 Å². The second kappa shape index (κ2) is 12.4. The minimum atomic E-state index is -0.859. The van der Waals surface area contributed by atoms with E-state index in [0.29, 0.717) is 43.2 Å². The SMILES string of the molecule is COc1cc([C@H]2C(=C(O)c3ccc(OCc4cccc(C)c4)cc3)C(=O)C(=O)N2CCN2CCOCC2)ccc1O. The summed E-state index contributed by atoms with van der Waals surface area (Å²) in [7, 11) is 1.43. The number of phenols is 1. The molecule has 2 fully saturated rings. The zero-order chi connectivity index (χ0) is 28.9. The molecule has 2 aliphatic rings. The number of phenolic OH excluding ortho intramolecular Hbond substituents is 1. The molecule has 1 atom stereocenters. The van der Waals surface area contributed by atoms with E-state index in [4.69, 9.17) is 14.2 Å². The van der Waals surface area contributed by atoms with Crippen LogP contribution in [0.1, 0.15) is 28.3 Å². The average molecular weight is 559 g/mol. The number of aromatic hydroxyl groups is 1. The number of morpholine rings is 1. The first kappa shape index (κ1) is 28.2. The van der Waals surface area contributed by atoms with E-state index in [9.17, 15) is 19.8 Å². The first-order valence-electron chi connectivity index (χ1n) is 13.6. The molecule has 5 rings (SSSR count). The van der Waals surface area contributed by atoms with Gasteiger partial charge in [0.15, 0.2) is 11.5 Å². The van der Waals surface area contributed by atoms with Crippen LogP contribution in [0.3, 0.4) is 0 Å². The highest BCUT2D eigenvalue weighted by atomic mass is 16.5. The topological polar surface area (TPSA) is 109 Å². The Morgan fingerprint density at radius 1 is 1.00 bits per heavy atom. The Hall–Kier alpha value is -4.34. The molecule has 2 N–H and O–H groups in total. The van der Waals surface area contributed by atoms with Gasteiger partial charge >= 0.3 is 0 Å². The van der Waals surface area contributed by atoms with Crippen molar-refractivity contribution < 1.29 is 34.0 Å². The molecule has 0 bridgehead atoms. The maximum absolute atomic E-state index is 13.4. The Morgan fingerprint density at radius 3 is 2.46 bits per heavy atom. The number of rotatable bonds is 9. The standard InChI is InChI=1S/C32H34N2O7/c1-21-4-3-5-22(18-21)20-41-25-9-6-23(7-10-25)30(36)28-29(24-8-11-26(35)27(19-24)39-2)34(32(38)31(28)37)13-12-33-14-16-40-17-15-33/h3-11,18-19,29,35-36H,12-17,20H2,1-2H3/t29-/m0/s1. The minimum absolute atomic E-state index is 0.0156. The molecule has 0 aromatic heterocycles. The number of amides is 1. The van der Waals surface area contributed by atoms with E-state index < -0.39 is 17.7 Å². The lowest BCUT2D eigenvalue weighted by molar-refractivity contribution is -0.140. The summed E-state index contributed by atoms with van der Waals surface area (Å²) in [4.78, 5) is 30.4. The van der Waals surface area contributed by atoms with Crippen LogP contribution in [0.15, 0.2) is 72.3 Å². The number of aliphatic hydroxyl groups excluding tert-OH is 1. The summed E-state index contributed by atoms with van der Waals surface area (Å²) in [6.45, 7) is 5.94. The number of benzene rings is 3. The predicted octanol–water partition coefficient (Wildman–Crippen LogP) is 4.04. The molecule has 41 heavy (non-hydrogen) atoms. The monoisotopic (exact) mass is 558 g/mol. The highest BCUT2D eigenvalue weighted by Gasteiger charge is 2.46. The molecule has 3 aromatic carbocycles. The van der Waals surface area contributed by atoms with Crippen molar-refractivity contribution in [1.29, 1.82) is 0 Å². The van der Waals surface area contributed by atoms with Crippen LogP contribution < -0.4 is 9.47 Å². The average Bonchev–Trinajstić information content (AvgIpc) is 3.24. The molecular weight excluding hydrogens is 524 g/mol. The van der Waals surface area contributed by atoms with Crippen molar-refractivity contribution in [3.63, 3.8) is 0 Å². The second-order valence-corrected chi connectivity index (χ2v) is 10.2. The molecule has 2 saturated heterocycles. The number of likely N-dealkylation sites (tertiary alicyclic amines) is 1. The van der Waals surface area contributed by atoms with Gasteiger partial charge in [-0.15, -0.1) is 0 Å². The van der Waals surface area contributed by atoms with Gasteiger partial charge in [-0.25, -0.2) is 0 Å². The Morgan fingerprint density at radius 2 is 1.76 bits per heavy atom. The van der Waals surface area contributed by atoms with E-state index in [1.807, 2.05) is 25.1 Å². The predicted molar refractivity (Wildman–Crippen MR) is 153 cm³/mol. The number of aryl methyl sites for hydroxylation is 1. The van der Waals surface area contributed by atoms with E-state index in [0.717, 1.165) is 24.2 Å². The van der Waals surface area contributed by atoms with Gasteiger partial charge in [0.25, 0.3) is 11.7 Å². The molecule has 9 nitrogen and oxygen atoms in total. The van der Waals surface area contributed by atoms with Crippen molar-refractivity contribution in [3.05, 3.63) is 94.6 Å². The number of hydrogen-bond donors (Lipinski definition) is 2. The number of nitrogens with zero attached hydrogens (tertiary/aromatic N) is 2. The number of carbonyl (C=O) groups excluding carboxylic acids is 2. The van der Waals surface area contributed by atoms with Crippen molar-refractivity contribution in [2.24, 2.45) is 0 Å². The van der Waals surface area contributed by atoms with Crippen LogP contribution in [-0.4, -0.2) is 78.2 Å². The molecular formula is C32H34N2O7. The fourth-order valence-corrected chi connectivity index (χ4v) is 5.23. The minimum Gasteiger partial charge on any atom is -0.507 e. The summed E-state index contributed by atoms with van der Waals surface area (Å²) >= 11 is 0. The van der Waals surface area contributed by atoms with Gasteiger partial charge in [0.2, 0.25) is 0 Å². The summed E-state index contributed by atoms with van der Waals surface area (Å²) in [6.07, 6.45) is 0. The normalized spacial score (nSPS) is 19.0. The van der Waals surface area contributed by atoms with Crippen LogP contribution in [0, 0.1) is 6.92 Å². The molecule has 0 unspecified atom stereocenters. The van der Waals surface area contributed by atoms with Gasteiger partial charge in [-0.05, 0) is 54.4 Å². The van der Waals surface area contributed by atoms with Gasteiger partial charge < -0.3 is 29.3 Å². The molecule has 3 aromatic rings. The van der Waals surface area contributed by atoms with Crippen molar-refractivity contribution in [1.82, 2.24) is 9.80 Å². The van der Waals surface area contributed by atoms with Crippen LogP contribution in [-0.2, 0) is 20.9 Å². The number of Topliss-reactive ketones (excluding diaryl/α,β-unsaturated/α-hetero) is 1. The van der Waals surface area contributed by atoms with Gasteiger partial charge in [-0.1, -0.05) is 35.9 Å². The highest BCUT2D eigenvalue weighted by Crippen LogP contribution is 2.41. The summed E-state index contributed by atoms with van der Waals surface area (Å²) in [5.74, 6) is -0.983. The van der Waals surface area contributed by atoms with E-state index in [-0.39, 0.29) is 29.4 Å². The molecule has 0 spiro atoms. The zero-order valence-electron chi connectivity index (χ0n) is 23.2. The molecule has 214 valence electrons. The number of carbonyl (C=O) groups is 2. The maximum atomic E-state index is 13.4. The zero-order valence-corrected chi connectivity index (χ0v) is 23.2. The highest BCUT2D eigenvalue weighted by molar-refractivity contribution is 6.46. The van der Waals surface area contributed by atoms with Gasteiger partial charge in [0, 0.05) is 31.7 Å². The van der Waals surface area contributed by atoms with E-state index in [1.54, 1.807) is 36.4 Å². The van der Waals surface area contributed by atoms with Crippen molar-refractivity contribution >= 4 is 17.4 Å². The fourth-order valence-electron chi connectivity index (χ4n) is 5.23. The smallest absolute Gasteiger partial charge is 0.295 e. The van der Waals surface area contributed by atoms with E-state index in [1.165, 1.54) is 18.1 Å². The molecule has 1 amide bonds.